The maximum absolute atomic E-state index is 12.0. The molecule has 1 saturated heterocycles. The van der Waals surface area contributed by atoms with Gasteiger partial charge in [-0.3, -0.25) is 4.79 Å². The van der Waals surface area contributed by atoms with Crippen LogP contribution in [0.15, 0.2) is 18.3 Å². The Labute approximate surface area is 111 Å². The molecule has 1 aliphatic heterocycles. The molecule has 6 heteroatoms. The van der Waals surface area contributed by atoms with Crippen LogP contribution in [0.3, 0.4) is 0 Å². The van der Waals surface area contributed by atoms with Gasteiger partial charge in [0.25, 0.3) is 5.91 Å². The Bertz CT molecular complexity index is 482. The van der Waals surface area contributed by atoms with E-state index in [0.29, 0.717) is 5.56 Å². The molecule has 1 aliphatic rings. The number of carbonyl (C=O) groups excluding carboxylic acids is 1. The summed E-state index contributed by atoms with van der Waals surface area (Å²) < 4.78 is 0. The number of rotatable bonds is 3. The van der Waals surface area contributed by atoms with E-state index >= 15 is 0 Å². The zero-order valence-corrected chi connectivity index (χ0v) is 10.8. The van der Waals surface area contributed by atoms with Crippen LogP contribution in [0.25, 0.3) is 0 Å². The first-order valence-corrected chi connectivity index (χ1v) is 6.25. The Kier molecular flexibility index (Phi) is 4.11. The highest BCUT2D eigenvalue weighted by molar-refractivity contribution is 5.96. The summed E-state index contributed by atoms with van der Waals surface area (Å²) >= 11 is 0. The van der Waals surface area contributed by atoms with Crippen LogP contribution in [0, 0.1) is 0 Å². The summed E-state index contributed by atoms with van der Waals surface area (Å²) in [6.45, 7) is 1.92. The van der Waals surface area contributed by atoms with Gasteiger partial charge in [0.15, 0.2) is 0 Å². The van der Waals surface area contributed by atoms with Gasteiger partial charge in [0.2, 0.25) is 0 Å². The van der Waals surface area contributed by atoms with Crippen molar-refractivity contribution >= 4 is 11.9 Å². The number of pyridine rings is 1. The zero-order chi connectivity index (χ0) is 13.8. The van der Waals surface area contributed by atoms with Gasteiger partial charge in [0.1, 0.15) is 5.69 Å². The molecule has 0 aromatic carbocycles. The molecular formula is C13H17N3O3. The molecule has 0 radical (unpaired) electrons. The minimum absolute atomic E-state index is 0.115. The predicted octanol–water partition coefficient (Wildman–Crippen LogP) is 0.604. The molecule has 1 fully saturated rings. The number of aromatic carboxylic acids is 1. The summed E-state index contributed by atoms with van der Waals surface area (Å²) in [5.41, 5.74) is 0.224. The summed E-state index contributed by atoms with van der Waals surface area (Å²) in [6, 6.07) is 2.98. The van der Waals surface area contributed by atoms with Gasteiger partial charge in [-0.05, 0) is 45.1 Å². The molecule has 0 aliphatic carbocycles. The molecule has 2 heterocycles. The predicted molar refractivity (Wildman–Crippen MR) is 69.2 cm³/mol. The molecular weight excluding hydrogens is 246 g/mol. The van der Waals surface area contributed by atoms with Crippen molar-refractivity contribution in [2.75, 3.05) is 20.1 Å². The van der Waals surface area contributed by atoms with E-state index in [1.807, 2.05) is 0 Å². The quantitative estimate of drug-likeness (QED) is 0.834. The highest BCUT2D eigenvalue weighted by Crippen LogP contribution is 2.10. The maximum Gasteiger partial charge on any atom is 0.354 e. The van der Waals surface area contributed by atoms with Gasteiger partial charge in [-0.1, -0.05) is 0 Å². The third-order valence-corrected chi connectivity index (χ3v) is 3.30. The molecule has 2 N–H and O–H groups in total. The van der Waals surface area contributed by atoms with E-state index in [1.165, 1.54) is 18.3 Å². The van der Waals surface area contributed by atoms with Crippen LogP contribution in [0.5, 0.6) is 0 Å². The lowest BCUT2D eigenvalue weighted by atomic mass is 10.0. The summed E-state index contributed by atoms with van der Waals surface area (Å²) in [5, 5.41) is 11.8. The molecule has 0 saturated carbocycles. The van der Waals surface area contributed by atoms with E-state index in [2.05, 4.69) is 22.2 Å². The number of carboxylic acids is 1. The van der Waals surface area contributed by atoms with Crippen molar-refractivity contribution in [1.82, 2.24) is 15.2 Å². The molecule has 0 unspecified atom stereocenters. The van der Waals surface area contributed by atoms with Gasteiger partial charge in [0, 0.05) is 17.8 Å². The highest BCUT2D eigenvalue weighted by atomic mass is 16.4. The number of hydrogen-bond donors (Lipinski definition) is 2. The first kappa shape index (κ1) is 13.5. The lowest BCUT2D eigenvalue weighted by molar-refractivity contribution is 0.0690. The minimum atomic E-state index is -1.13. The molecule has 1 aromatic heterocycles. The molecule has 0 spiro atoms. The Morgan fingerprint density at radius 3 is 2.74 bits per heavy atom. The Hall–Kier alpha value is -1.95. The first-order valence-electron chi connectivity index (χ1n) is 6.25. The highest BCUT2D eigenvalue weighted by Gasteiger charge is 2.19. The average Bonchev–Trinajstić information content (AvgIpc) is 2.41. The zero-order valence-electron chi connectivity index (χ0n) is 10.8. The van der Waals surface area contributed by atoms with Crippen LogP contribution in [0.1, 0.15) is 33.7 Å². The fourth-order valence-electron chi connectivity index (χ4n) is 2.11. The number of nitrogens with zero attached hydrogens (tertiary/aromatic N) is 2. The normalized spacial score (nSPS) is 17.1. The van der Waals surface area contributed by atoms with Crippen molar-refractivity contribution in [2.24, 2.45) is 0 Å². The van der Waals surface area contributed by atoms with E-state index < -0.39 is 5.97 Å². The van der Waals surface area contributed by atoms with Crippen LogP contribution < -0.4 is 5.32 Å². The number of carboxylic acid groups (broad SMARTS) is 1. The van der Waals surface area contributed by atoms with E-state index in [4.69, 9.17) is 5.11 Å². The van der Waals surface area contributed by atoms with E-state index in [0.717, 1.165) is 25.9 Å². The molecule has 0 bridgehead atoms. The van der Waals surface area contributed by atoms with Crippen molar-refractivity contribution < 1.29 is 14.7 Å². The fraction of sp³-hybridized carbons (Fsp3) is 0.462. The van der Waals surface area contributed by atoms with E-state index in [9.17, 15) is 9.59 Å². The van der Waals surface area contributed by atoms with Gasteiger partial charge < -0.3 is 15.3 Å². The van der Waals surface area contributed by atoms with Crippen molar-refractivity contribution in [3.8, 4) is 0 Å². The van der Waals surface area contributed by atoms with Crippen molar-refractivity contribution in [2.45, 2.75) is 18.9 Å². The number of hydrogen-bond acceptors (Lipinski definition) is 4. The summed E-state index contributed by atoms with van der Waals surface area (Å²) in [4.78, 5) is 28.7. The lowest BCUT2D eigenvalue weighted by Crippen LogP contribution is -2.43. The van der Waals surface area contributed by atoms with Crippen molar-refractivity contribution in [3.63, 3.8) is 0 Å². The van der Waals surface area contributed by atoms with E-state index in [1.54, 1.807) is 0 Å². The smallest absolute Gasteiger partial charge is 0.354 e. The van der Waals surface area contributed by atoms with Gasteiger partial charge in [0.05, 0.1) is 0 Å². The van der Waals surface area contributed by atoms with Crippen LogP contribution in [0.4, 0.5) is 0 Å². The molecule has 1 aromatic rings. The first-order chi connectivity index (χ1) is 9.06. The van der Waals surface area contributed by atoms with Crippen molar-refractivity contribution in [3.05, 3.63) is 29.6 Å². The molecule has 102 valence electrons. The topological polar surface area (TPSA) is 82.5 Å². The average molecular weight is 263 g/mol. The van der Waals surface area contributed by atoms with Crippen molar-refractivity contribution in [1.29, 1.82) is 0 Å². The van der Waals surface area contributed by atoms with Crippen LogP contribution in [-0.4, -0.2) is 53.0 Å². The third kappa shape index (κ3) is 3.51. The molecule has 2 rings (SSSR count). The Morgan fingerprint density at radius 2 is 2.11 bits per heavy atom. The van der Waals surface area contributed by atoms with Crippen LogP contribution in [0.2, 0.25) is 0 Å². The van der Waals surface area contributed by atoms with Gasteiger partial charge in [-0.25, -0.2) is 9.78 Å². The summed E-state index contributed by atoms with van der Waals surface area (Å²) in [7, 11) is 2.06. The molecule has 1 amide bonds. The summed E-state index contributed by atoms with van der Waals surface area (Å²) in [5.74, 6) is -1.37. The number of likely N-dealkylation sites (tertiary alicyclic amines) is 1. The standard InChI is InChI=1S/C13H17N3O3/c1-16-6-3-10(4-7-16)15-12(17)9-2-5-14-11(8-9)13(18)19/h2,5,8,10H,3-4,6-7H2,1H3,(H,15,17)(H,18,19). The number of aromatic nitrogens is 1. The number of piperidine rings is 1. The third-order valence-electron chi connectivity index (χ3n) is 3.30. The summed E-state index contributed by atoms with van der Waals surface area (Å²) in [6.07, 6.45) is 3.17. The van der Waals surface area contributed by atoms with Crippen LogP contribution >= 0.6 is 0 Å². The minimum Gasteiger partial charge on any atom is -0.477 e. The number of amides is 1. The van der Waals surface area contributed by atoms with E-state index in [-0.39, 0.29) is 17.6 Å². The second kappa shape index (κ2) is 5.79. The fourth-order valence-corrected chi connectivity index (χ4v) is 2.11. The molecule has 0 atom stereocenters. The number of carbonyl (C=O) groups is 2. The Morgan fingerprint density at radius 1 is 1.42 bits per heavy atom. The second-order valence-electron chi connectivity index (χ2n) is 4.79. The van der Waals surface area contributed by atoms with Gasteiger partial charge in [-0.15, -0.1) is 0 Å². The van der Waals surface area contributed by atoms with Crippen LogP contribution in [-0.2, 0) is 0 Å². The lowest BCUT2D eigenvalue weighted by Gasteiger charge is -2.29. The Balaban J connectivity index is 2.00. The number of nitrogens with one attached hydrogen (secondary N) is 1. The monoisotopic (exact) mass is 263 g/mol. The molecule has 19 heavy (non-hydrogen) atoms. The second-order valence-corrected chi connectivity index (χ2v) is 4.79. The largest absolute Gasteiger partial charge is 0.477 e. The molecule has 6 nitrogen and oxygen atoms in total. The van der Waals surface area contributed by atoms with Gasteiger partial charge >= 0.3 is 5.97 Å². The van der Waals surface area contributed by atoms with Gasteiger partial charge in [-0.2, -0.15) is 0 Å². The SMILES string of the molecule is CN1CCC(NC(=O)c2ccnc(C(=O)O)c2)CC1. The maximum atomic E-state index is 12.0.